The SMILES string of the molecule is COc1cc([N+](=O)[O-])ccc1NC(=O)[C@@H](C)N(C)CC(=O)Nc1ccccc1Cl. The molecule has 0 radical (unpaired) electrons. The van der Waals surface area contributed by atoms with Crippen LogP contribution >= 0.6 is 11.6 Å². The molecule has 0 aromatic heterocycles. The molecule has 0 spiro atoms. The van der Waals surface area contributed by atoms with E-state index >= 15 is 0 Å². The number of ether oxygens (including phenoxy) is 1. The van der Waals surface area contributed by atoms with Gasteiger partial charge in [-0.2, -0.15) is 0 Å². The summed E-state index contributed by atoms with van der Waals surface area (Å²) in [6.45, 7) is 1.59. The zero-order valence-corrected chi connectivity index (χ0v) is 16.9. The van der Waals surface area contributed by atoms with Crippen LogP contribution in [0.5, 0.6) is 5.75 Å². The number of methoxy groups -OCH3 is 1. The minimum Gasteiger partial charge on any atom is -0.494 e. The Morgan fingerprint density at radius 3 is 2.52 bits per heavy atom. The molecule has 2 aromatic rings. The van der Waals surface area contributed by atoms with Gasteiger partial charge in [-0.05, 0) is 32.2 Å². The van der Waals surface area contributed by atoms with Crippen LogP contribution in [0.2, 0.25) is 5.02 Å². The van der Waals surface area contributed by atoms with Crippen molar-refractivity contribution in [3.05, 3.63) is 57.6 Å². The van der Waals surface area contributed by atoms with Crippen molar-refractivity contribution < 1.29 is 19.2 Å². The summed E-state index contributed by atoms with van der Waals surface area (Å²) in [6, 6.07) is 10.1. The predicted octanol–water partition coefficient (Wildman–Crippen LogP) is 3.15. The van der Waals surface area contributed by atoms with Crippen LogP contribution in [0, 0.1) is 10.1 Å². The first kappa shape index (κ1) is 22.1. The van der Waals surface area contributed by atoms with Crippen molar-refractivity contribution in [2.24, 2.45) is 0 Å². The van der Waals surface area contributed by atoms with E-state index < -0.39 is 16.9 Å². The molecular formula is C19H21ClN4O5. The number of non-ortho nitro benzene ring substituents is 1. The average molecular weight is 421 g/mol. The first-order chi connectivity index (χ1) is 13.7. The zero-order chi connectivity index (χ0) is 21.6. The quantitative estimate of drug-likeness (QED) is 0.501. The lowest BCUT2D eigenvalue weighted by Gasteiger charge is -2.23. The third-order valence-corrected chi connectivity index (χ3v) is 4.56. The summed E-state index contributed by atoms with van der Waals surface area (Å²) >= 11 is 6.02. The lowest BCUT2D eigenvalue weighted by molar-refractivity contribution is -0.384. The van der Waals surface area contributed by atoms with E-state index in [1.54, 1.807) is 43.1 Å². The maximum atomic E-state index is 12.5. The molecule has 1 atom stereocenters. The fourth-order valence-electron chi connectivity index (χ4n) is 2.45. The van der Waals surface area contributed by atoms with Gasteiger partial charge in [0.1, 0.15) is 5.75 Å². The third-order valence-electron chi connectivity index (χ3n) is 4.24. The van der Waals surface area contributed by atoms with Crippen molar-refractivity contribution in [1.29, 1.82) is 0 Å². The van der Waals surface area contributed by atoms with Crippen LogP contribution in [0.15, 0.2) is 42.5 Å². The van der Waals surface area contributed by atoms with Crippen molar-refractivity contribution in [2.45, 2.75) is 13.0 Å². The standard InChI is InChI=1S/C19H21ClN4O5/c1-12(23(2)11-18(25)21-15-7-5-4-6-14(15)20)19(26)22-16-9-8-13(24(27)28)10-17(16)29-3/h4-10,12H,11H2,1-3H3,(H,21,25)(H,22,26)/t12-/m1/s1. The summed E-state index contributed by atoms with van der Waals surface area (Å²) in [7, 11) is 2.98. The minimum absolute atomic E-state index is 0.0444. The Hall–Kier alpha value is -3.17. The van der Waals surface area contributed by atoms with Crippen molar-refractivity contribution in [3.8, 4) is 5.75 Å². The largest absolute Gasteiger partial charge is 0.494 e. The van der Waals surface area contributed by atoms with Crippen LogP contribution in [-0.4, -0.2) is 48.4 Å². The number of hydrogen-bond acceptors (Lipinski definition) is 6. The van der Waals surface area contributed by atoms with Gasteiger partial charge in [-0.3, -0.25) is 24.6 Å². The third kappa shape index (κ3) is 5.90. The molecule has 0 bridgehead atoms. The molecule has 0 aliphatic heterocycles. The highest BCUT2D eigenvalue weighted by molar-refractivity contribution is 6.33. The Balaban J connectivity index is 1.99. The molecule has 9 nitrogen and oxygen atoms in total. The van der Waals surface area contributed by atoms with E-state index in [0.717, 1.165) is 0 Å². The first-order valence-electron chi connectivity index (χ1n) is 8.60. The van der Waals surface area contributed by atoms with Crippen molar-refractivity contribution in [2.75, 3.05) is 31.3 Å². The fraction of sp³-hybridized carbons (Fsp3) is 0.263. The summed E-state index contributed by atoms with van der Waals surface area (Å²) in [5.41, 5.74) is 0.630. The van der Waals surface area contributed by atoms with Gasteiger partial charge in [-0.15, -0.1) is 0 Å². The number of hydrogen-bond donors (Lipinski definition) is 2. The number of amides is 2. The van der Waals surface area contributed by atoms with Crippen LogP contribution in [-0.2, 0) is 9.59 Å². The second-order valence-corrected chi connectivity index (χ2v) is 6.66. The molecule has 2 rings (SSSR count). The van der Waals surface area contributed by atoms with Gasteiger partial charge in [-0.1, -0.05) is 23.7 Å². The Morgan fingerprint density at radius 1 is 1.21 bits per heavy atom. The molecule has 154 valence electrons. The molecular weight excluding hydrogens is 400 g/mol. The lowest BCUT2D eigenvalue weighted by atomic mass is 10.2. The number of nitro groups is 1. The monoisotopic (exact) mass is 420 g/mol. The molecule has 2 aromatic carbocycles. The summed E-state index contributed by atoms with van der Waals surface area (Å²) in [6.07, 6.45) is 0. The van der Waals surface area contributed by atoms with E-state index in [0.29, 0.717) is 16.4 Å². The van der Waals surface area contributed by atoms with Crippen LogP contribution in [0.1, 0.15) is 6.92 Å². The number of para-hydroxylation sites is 1. The maximum Gasteiger partial charge on any atom is 0.273 e. The number of likely N-dealkylation sites (N-methyl/N-ethyl adjacent to an activating group) is 1. The Bertz CT molecular complexity index is 921. The van der Waals surface area contributed by atoms with Gasteiger partial charge in [0.2, 0.25) is 11.8 Å². The molecule has 0 unspecified atom stereocenters. The normalized spacial score (nSPS) is 11.6. The maximum absolute atomic E-state index is 12.5. The number of carbonyl (C=O) groups excluding carboxylic acids is 2. The second-order valence-electron chi connectivity index (χ2n) is 6.25. The molecule has 29 heavy (non-hydrogen) atoms. The summed E-state index contributed by atoms with van der Waals surface area (Å²) in [4.78, 5) is 36.6. The highest BCUT2D eigenvalue weighted by atomic mass is 35.5. The minimum atomic E-state index is -0.660. The van der Waals surface area contributed by atoms with E-state index in [-0.39, 0.29) is 23.9 Å². The number of benzene rings is 2. The van der Waals surface area contributed by atoms with Crippen molar-refractivity contribution in [1.82, 2.24) is 4.90 Å². The highest BCUT2D eigenvalue weighted by Gasteiger charge is 2.22. The van der Waals surface area contributed by atoms with Crippen LogP contribution in [0.25, 0.3) is 0 Å². The summed E-state index contributed by atoms with van der Waals surface area (Å²) < 4.78 is 5.11. The number of rotatable bonds is 8. The predicted molar refractivity (Wildman–Crippen MR) is 110 cm³/mol. The molecule has 0 aliphatic rings. The number of carbonyl (C=O) groups is 2. The van der Waals surface area contributed by atoms with Gasteiger partial charge < -0.3 is 15.4 Å². The molecule has 0 fully saturated rings. The van der Waals surface area contributed by atoms with Crippen LogP contribution in [0.3, 0.4) is 0 Å². The second kappa shape index (κ2) is 9.85. The van der Waals surface area contributed by atoms with E-state index in [1.807, 2.05) is 0 Å². The van der Waals surface area contributed by atoms with Crippen molar-refractivity contribution in [3.63, 3.8) is 0 Å². The molecule has 0 saturated heterocycles. The van der Waals surface area contributed by atoms with Crippen LogP contribution in [0.4, 0.5) is 17.1 Å². The van der Waals surface area contributed by atoms with Gasteiger partial charge in [0.25, 0.3) is 5.69 Å². The molecule has 2 N–H and O–H groups in total. The number of nitro benzene ring substituents is 1. The number of nitrogens with zero attached hydrogens (tertiary/aromatic N) is 2. The molecule has 0 aliphatic carbocycles. The summed E-state index contributed by atoms with van der Waals surface area (Å²) in [5.74, 6) is -0.558. The van der Waals surface area contributed by atoms with Gasteiger partial charge in [0, 0.05) is 6.07 Å². The van der Waals surface area contributed by atoms with E-state index in [1.165, 1.54) is 25.3 Å². The summed E-state index contributed by atoms with van der Waals surface area (Å²) in [5, 5.41) is 16.6. The first-order valence-corrected chi connectivity index (χ1v) is 8.98. The van der Waals surface area contributed by atoms with Gasteiger partial charge >= 0.3 is 0 Å². The average Bonchev–Trinajstić information content (AvgIpc) is 2.69. The van der Waals surface area contributed by atoms with E-state index in [9.17, 15) is 19.7 Å². The van der Waals surface area contributed by atoms with Gasteiger partial charge in [0.15, 0.2) is 0 Å². The Labute approximate surface area is 172 Å². The van der Waals surface area contributed by atoms with Gasteiger partial charge in [-0.25, -0.2) is 0 Å². The van der Waals surface area contributed by atoms with E-state index in [2.05, 4.69) is 10.6 Å². The molecule has 10 heteroatoms. The Morgan fingerprint density at radius 2 is 1.90 bits per heavy atom. The number of anilines is 2. The Kier molecular flexibility index (Phi) is 7.52. The fourth-order valence-corrected chi connectivity index (χ4v) is 2.63. The van der Waals surface area contributed by atoms with Crippen LogP contribution < -0.4 is 15.4 Å². The molecule has 0 heterocycles. The van der Waals surface area contributed by atoms with Crippen molar-refractivity contribution >= 4 is 40.5 Å². The smallest absolute Gasteiger partial charge is 0.273 e. The highest BCUT2D eigenvalue weighted by Crippen LogP contribution is 2.29. The topological polar surface area (TPSA) is 114 Å². The number of halogens is 1. The molecule has 0 saturated carbocycles. The molecule has 2 amide bonds. The van der Waals surface area contributed by atoms with Gasteiger partial charge in [0.05, 0.1) is 47.1 Å². The van der Waals surface area contributed by atoms with E-state index in [4.69, 9.17) is 16.3 Å². The zero-order valence-electron chi connectivity index (χ0n) is 16.1. The number of nitrogens with one attached hydrogen (secondary N) is 2. The lowest BCUT2D eigenvalue weighted by Crippen LogP contribution is -2.43.